The van der Waals surface area contributed by atoms with Crippen molar-refractivity contribution in [2.24, 2.45) is 0 Å². The molecule has 0 spiro atoms. The first-order chi connectivity index (χ1) is 18.2. The Kier molecular flexibility index (Phi) is 7.96. The van der Waals surface area contributed by atoms with Crippen LogP contribution < -0.4 is 15.7 Å². The summed E-state index contributed by atoms with van der Waals surface area (Å²) in [5.41, 5.74) is 1.85. The molecule has 0 saturated carbocycles. The van der Waals surface area contributed by atoms with Gasteiger partial charge in [0.2, 0.25) is 11.8 Å². The van der Waals surface area contributed by atoms with E-state index in [1.54, 1.807) is 19.2 Å². The van der Waals surface area contributed by atoms with Crippen molar-refractivity contribution in [3.63, 3.8) is 0 Å². The number of amides is 1. The van der Waals surface area contributed by atoms with E-state index < -0.39 is 23.6 Å². The van der Waals surface area contributed by atoms with Crippen LogP contribution in [0.15, 0.2) is 58.7 Å². The normalized spacial score (nSPS) is 11.8. The molecule has 0 aliphatic rings. The van der Waals surface area contributed by atoms with Gasteiger partial charge in [-0.3, -0.25) is 4.79 Å². The number of hydrogen-bond donors (Lipinski definition) is 3. The lowest BCUT2D eigenvalue weighted by Crippen LogP contribution is -2.33. The zero-order valence-corrected chi connectivity index (χ0v) is 22.2. The molecule has 0 aliphatic heterocycles. The summed E-state index contributed by atoms with van der Waals surface area (Å²) in [6.45, 7) is 4.03. The van der Waals surface area contributed by atoms with Gasteiger partial charge < -0.3 is 24.9 Å². The van der Waals surface area contributed by atoms with Crippen molar-refractivity contribution < 1.29 is 24.2 Å². The Labute approximate surface area is 222 Å². The number of carbonyl (C=O) groups is 2. The molecule has 1 amide bonds. The topological polar surface area (TPSA) is 136 Å². The minimum Gasteiger partial charge on any atom is -0.496 e. The highest BCUT2D eigenvalue weighted by atomic mass is 32.1. The fraction of sp³-hybridized carbons (Fsp3) is 0.259. The van der Waals surface area contributed by atoms with Crippen LogP contribution in [0.25, 0.3) is 11.3 Å². The molecule has 2 aromatic heterocycles. The van der Waals surface area contributed by atoms with E-state index in [1.165, 1.54) is 12.5 Å². The van der Waals surface area contributed by atoms with E-state index in [1.807, 2.05) is 50.2 Å². The number of rotatable bonds is 9. The molecule has 1 atom stereocenters. The lowest BCUT2D eigenvalue weighted by atomic mass is 9.98. The van der Waals surface area contributed by atoms with Crippen LogP contribution in [0.5, 0.6) is 11.6 Å². The fourth-order valence-electron chi connectivity index (χ4n) is 4.13. The van der Waals surface area contributed by atoms with Crippen molar-refractivity contribution in [3.8, 4) is 22.9 Å². The number of imidazole rings is 1. The van der Waals surface area contributed by atoms with Crippen molar-refractivity contribution in [2.75, 3.05) is 19.5 Å². The van der Waals surface area contributed by atoms with Crippen LogP contribution in [0.3, 0.4) is 0 Å². The standard InChI is InChI=1S/C27H28N4O6S/c1-15(2)18-13-17(10-11-21(18)36-3)22-24(33)31(27(35)29-22)20(12-16-8-6-5-7-9-16)23(32)30-26-28-19(14-38-26)25(34)37-4/h5-11,13-15,20,33H,12H2,1-4H3,(H,29,35)(H,28,30,32)/t20-/m0/s1. The fourth-order valence-corrected chi connectivity index (χ4v) is 4.81. The highest BCUT2D eigenvalue weighted by Gasteiger charge is 2.29. The van der Waals surface area contributed by atoms with Gasteiger partial charge in [-0.25, -0.2) is 19.1 Å². The van der Waals surface area contributed by atoms with Crippen molar-refractivity contribution in [3.05, 3.63) is 81.2 Å². The summed E-state index contributed by atoms with van der Waals surface area (Å²) in [5.74, 6) is -0.765. The van der Waals surface area contributed by atoms with Gasteiger partial charge in [-0.2, -0.15) is 0 Å². The summed E-state index contributed by atoms with van der Waals surface area (Å²) < 4.78 is 11.1. The average molecular weight is 537 g/mol. The number of benzene rings is 2. The number of esters is 1. The van der Waals surface area contributed by atoms with Crippen LogP contribution in [0, 0.1) is 0 Å². The van der Waals surface area contributed by atoms with Gasteiger partial charge in [-0.05, 0) is 35.2 Å². The second-order valence-corrected chi connectivity index (χ2v) is 9.69. The first kappa shape index (κ1) is 26.7. The molecule has 2 heterocycles. The molecule has 10 nitrogen and oxygen atoms in total. The van der Waals surface area contributed by atoms with E-state index in [0.29, 0.717) is 11.3 Å². The molecule has 38 heavy (non-hydrogen) atoms. The van der Waals surface area contributed by atoms with Crippen LogP contribution >= 0.6 is 11.3 Å². The predicted molar refractivity (Wildman–Crippen MR) is 144 cm³/mol. The average Bonchev–Trinajstić information content (AvgIpc) is 3.50. The van der Waals surface area contributed by atoms with Gasteiger partial charge in [0.25, 0.3) is 0 Å². The lowest BCUT2D eigenvalue weighted by molar-refractivity contribution is -0.119. The van der Waals surface area contributed by atoms with Gasteiger partial charge in [0.15, 0.2) is 10.8 Å². The summed E-state index contributed by atoms with van der Waals surface area (Å²) in [4.78, 5) is 45.2. The summed E-state index contributed by atoms with van der Waals surface area (Å²) in [5, 5.41) is 15.5. The Balaban J connectivity index is 1.74. The lowest BCUT2D eigenvalue weighted by Gasteiger charge is -2.18. The smallest absolute Gasteiger partial charge is 0.357 e. The second-order valence-electron chi connectivity index (χ2n) is 8.83. The second kappa shape index (κ2) is 11.3. The van der Waals surface area contributed by atoms with Crippen molar-refractivity contribution in [1.29, 1.82) is 0 Å². The predicted octanol–water partition coefficient (Wildman–Crippen LogP) is 4.35. The van der Waals surface area contributed by atoms with Crippen LogP contribution in [0.1, 0.15) is 47.4 Å². The molecule has 4 rings (SSSR count). The third-order valence-electron chi connectivity index (χ3n) is 6.06. The quantitative estimate of drug-likeness (QED) is 0.271. The molecular formula is C27H28N4O6S. The van der Waals surface area contributed by atoms with E-state index in [0.717, 1.165) is 27.0 Å². The monoisotopic (exact) mass is 536 g/mol. The van der Waals surface area contributed by atoms with Crippen LogP contribution in [-0.4, -0.2) is 45.7 Å². The number of aromatic nitrogens is 3. The number of H-pyrrole nitrogens is 1. The van der Waals surface area contributed by atoms with E-state index in [9.17, 15) is 19.5 Å². The molecule has 2 aromatic carbocycles. The molecule has 0 aliphatic carbocycles. The van der Waals surface area contributed by atoms with Gasteiger partial charge in [0.05, 0.1) is 14.2 Å². The maximum absolute atomic E-state index is 13.5. The molecule has 0 saturated heterocycles. The number of aromatic hydroxyl groups is 1. The number of hydrogen-bond acceptors (Lipinski definition) is 8. The van der Waals surface area contributed by atoms with Crippen LogP contribution in [-0.2, 0) is 16.0 Å². The minimum absolute atomic E-state index is 0.0526. The highest BCUT2D eigenvalue weighted by Crippen LogP contribution is 2.35. The first-order valence-corrected chi connectivity index (χ1v) is 12.7. The molecule has 0 radical (unpaired) electrons. The summed E-state index contributed by atoms with van der Waals surface area (Å²) in [6, 6.07) is 13.4. The highest BCUT2D eigenvalue weighted by molar-refractivity contribution is 7.14. The zero-order chi connectivity index (χ0) is 27.4. The van der Waals surface area contributed by atoms with E-state index in [-0.39, 0.29) is 34.7 Å². The SMILES string of the molecule is COC(=O)c1csc(NC(=O)[C@H](Cc2ccccc2)n2c(O)c(-c3ccc(OC)c(C(C)C)c3)[nH]c2=O)n1. The van der Waals surface area contributed by atoms with Gasteiger partial charge in [0, 0.05) is 17.4 Å². The third-order valence-corrected chi connectivity index (χ3v) is 6.82. The maximum Gasteiger partial charge on any atom is 0.357 e. The largest absolute Gasteiger partial charge is 0.496 e. The molecule has 3 N–H and O–H groups in total. The Morgan fingerprint density at radius 2 is 1.89 bits per heavy atom. The van der Waals surface area contributed by atoms with E-state index in [2.05, 4.69) is 20.0 Å². The summed E-state index contributed by atoms with van der Waals surface area (Å²) >= 11 is 1.05. The first-order valence-electron chi connectivity index (χ1n) is 11.8. The number of thiazole rings is 1. The van der Waals surface area contributed by atoms with Gasteiger partial charge in [-0.1, -0.05) is 44.2 Å². The summed E-state index contributed by atoms with van der Waals surface area (Å²) in [6.07, 6.45) is 0.118. The van der Waals surface area contributed by atoms with E-state index in [4.69, 9.17) is 4.74 Å². The minimum atomic E-state index is -1.12. The van der Waals surface area contributed by atoms with Crippen molar-refractivity contribution >= 4 is 28.3 Å². The Morgan fingerprint density at radius 3 is 2.55 bits per heavy atom. The van der Waals surface area contributed by atoms with Crippen molar-refractivity contribution in [2.45, 2.75) is 32.2 Å². The number of carbonyl (C=O) groups excluding carboxylic acids is 2. The van der Waals surface area contributed by atoms with Gasteiger partial charge in [-0.15, -0.1) is 11.3 Å². The summed E-state index contributed by atoms with van der Waals surface area (Å²) in [7, 11) is 2.82. The van der Waals surface area contributed by atoms with Crippen LogP contribution in [0.2, 0.25) is 0 Å². The Bertz CT molecular complexity index is 1510. The number of anilines is 1. The maximum atomic E-state index is 13.5. The Morgan fingerprint density at radius 1 is 1.16 bits per heavy atom. The molecule has 4 aromatic rings. The number of aromatic amines is 1. The number of nitrogens with zero attached hydrogens (tertiary/aromatic N) is 2. The van der Waals surface area contributed by atoms with Crippen molar-refractivity contribution in [1.82, 2.24) is 14.5 Å². The van der Waals surface area contributed by atoms with Crippen LogP contribution in [0.4, 0.5) is 5.13 Å². The zero-order valence-electron chi connectivity index (χ0n) is 21.3. The molecule has 0 bridgehead atoms. The third kappa shape index (κ3) is 5.47. The molecule has 0 fully saturated rings. The van der Waals surface area contributed by atoms with Gasteiger partial charge >= 0.3 is 11.7 Å². The molecule has 11 heteroatoms. The number of ether oxygens (including phenoxy) is 2. The Hall–Kier alpha value is -4.38. The molecule has 0 unspecified atom stereocenters. The molecule has 198 valence electrons. The van der Waals surface area contributed by atoms with Gasteiger partial charge in [0.1, 0.15) is 17.5 Å². The number of methoxy groups -OCH3 is 2. The molecular weight excluding hydrogens is 508 g/mol. The van der Waals surface area contributed by atoms with E-state index >= 15 is 0 Å². The number of nitrogens with one attached hydrogen (secondary N) is 2.